The maximum absolute atomic E-state index is 13.0. The van der Waals surface area contributed by atoms with Gasteiger partial charge < -0.3 is 9.47 Å². The number of amides is 2. The number of esters is 1. The second-order valence-electron chi connectivity index (χ2n) is 8.08. The molecule has 2 atom stereocenters. The lowest BCUT2D eigenvalue weighted by Crippen LogP contribution is -2.45. The fourth-order valence-electron chi connectivity index (χ4n) is 2.91. The van der Waals surface area contributed by atoms with Crippen molar-refractivity contribution in [3.05, 3.63) is 0 Å². The summed E-state index contributed by atoms with van der Waals surface area (Å²) in [7, 11) is 0. The molecule has 1 fully saturated rings. The number of carbonyl (C=O) groups is 3. The summed E-state index contributed by atoms with van der Waals surface area (Å²) in [5.74, 6) is -1.17. The highest BCUT2D eigenvalue weighted by Gasteiger charge is 2.42. The predicted octanol–water partition coefficient (Wildman–Crippen LogP) is 3.92. The molecule has 6 heteroatoms. The van der Waals surface area contributed by atoms with Crippen molar-refractivity contribution in [2.75, 3.05) is 6.61 Å². The molecule has 0 bridgehead atoms. The van der Waals surface area contributed by atoms with Crippen molar-refractivity contribution in [2.45, 2.75) is 85.3 Å². The average Bonchev–Trinajstić information content (AvgIpc) is 2.85. The number of ether oxygens (including phenoxy) is 2. The zero-order valence-electron chi connectivity index (χ0n) is 16.5. The lowest BCUT2D eigenvalue weighted by molar-refractivity contribution is -0.158. The Morgan fingerprint density at radius 1 is 1.28 bits per heavy atom. The van der Waals surface area contributed by atoms with E-state index in [4.69, 9.17) is 9.47 Å². The molecule has 0 spiro atoms. The monoisotopic (exact) mass is 355 g/mol. The van der Waals surface area contributed by atoms with Crippen molar-refractivity contribution >= 4 is 18.0 Å². The molecular weight excluding hydrogens is 322 g/mol. The SMILES string of the molecule is CCCCC[C@H](CC(=O)OC(C)(C)C)C(=O)N1C(=O)OC[C@@H]1C(C)C. The van der Waals surface area contributed by atoms with E-state index < -0.39 is 23.6 Å². The molecule has 0 aromatic heterocycles. The Labute approximate surface area is 151 Å². The number of cyclic esters (lactones) is 1. The van der Waals surface area contributed by atoms with E-state index in [0.717, 1.165) is 19.3 Å². The summed E-state index contributed by atoms with van der Waals surface area (Å²) in [5.41, 5.74) is -0.596. The molecule has 1 rings (SSSR count). The highest BCUT2D eigenvalue weighted by atomic mass is 16.6. The third kappa shape index (κ3) is 6.67. The molecular formula is C19H33NO5. The summed E-state index contributed by atoms with van der Waals surface area (Å²) < 4.78 is 10.4. The zero-order valence-corrected chi connectivity index (χ0v) is 16.5. The molecule has 144 valence electrons. The Morgan fingerprint density at radius 2 is 1.92 bits per heavy atom. The van der Waals surface area contributed by atoms with Gasteiger partial charge in [-0.25, -0.2) is 9.69 Å². The highest BCUT2D eigenvalue weighted by Crippen LogP contribution is 2.26. The van der Waals surface area contributed by atoms with Crippen molar-refractivity contribution in [1.29, 1.82) is 0 Å². The lowest BCUT2D eigenvalue weighted by atomic mass is 9.94. The summed E-state index contributed by atoms with van der Waals surface area (Å²) in [4.78, 5) is 38.5. The number of imide groups is 1. The van der Waals surface area contributed by atoms with Crippen LogP contribution in [0.2, 0.25) is 0 Å². The van der Waals surface area contributed by atoms with Crippen molar-refractivity contribution < 1.29 is 23.9 Å². The van der Waals surface area contributed by atoms with E-state index >= 15 is 0 Å². The van der Waals surface area contributed by atoms with Crippen LogP contribution >= 0.6 is 0 Å². The van der Waals surface area contributed by atoms with Crippen LogP contribution in [0.4, 0.5) is 4.79 Å². The predicted molar refractivity (Wildman–Crippen MR) is 94.9 cm³/mol. The summed E-state index contributed by atoms with van der Waals surface area (Å²) >= 11 is 0. The summed E-state index contributed by atoms with van der Waals surface area (Å²) in [6.07, 6.45) is 2.80. The Kier molecular flexibility index (Phi) is 7.90. The zero-order chi connectivity index (χ0) is 19.2. The van der Waals surface area contributed by atoms with Crippen LogP contribution in [-0.2, 0) is 19.1 Å². The number of unbranched alkanes of at least 4 members (excludes halogenated alkanes) is 2. The van der Waals surface area contributed by atoms with Crippen molar-refractivity contribution in [2.24, 2.45) is 11.8 Å². The van der Waals surface area contributed by atoms with Crippen molar-refractivity contribution in [3.63, 3.8) is 0 Å². The molecule has 6 nitrogen and oxygen atoms in total. The first-order valence-electron chi connectivity index (χ1n) is 9.28. The van der Waals surface area contributed by atoms with Crippen LogP contribution in [0, 0.1) is 11.8 Å². The summed E-state index contributed by atoms with van der Waals surface area (Å²) in [6.45, 7) is 11.6. The quantitative estimate of drug-likeness (QED) is 0.487. The number of carbonyl (C=O) groups excluding carboxylic acids is 3. The highest BCUT2D eigenvalue weighted by molar-refractivity contribution is 5.96. The van der Waals surface area contributed by atoms with Crippen LogP contribution in [0.1, 0.15) is 73.6 Å². The lowest BCUT2D eigenvalue weighted by Gasteiger charge is -2.27. The van der Waals surface area contributed by atoms with E-state index in [1.54, 1.807) is 20.8 Å². The van der Waals surface area contributed by atoms with Crippen molar-refractivity contribution in [1.82, 2.24) is 4.90 Å². The summed E-state index contributed by atoms with van der Waals surface area (Å²) in [5, 5.41) is 0. The molecule has 1 aliphatic heterocycles. The molecule has 0 saturated carbocycles. The van der Waals surface area contributed by atoms with Gasteiger partial charge in [-0.05, 0) is 33.1 Å². The van der Waals surface area contributed by atoms with Gasteiger partial charge in [0.25, 0.3) is 0 Å². The van der Waals surface area contributed by atoms with E-state index in [-0.39, 0.29) is 30.9 Å². The minimum absolute atomic E-state index is 0.00554. The van der Waals surface area contributed by atoms with Gasteiger partial charge in [0.1, 0.15) is 12.2 Å². The number of hydrogen-bond donors (Lipinski definition) is 0. The average molecular weight is 355 g/mol. The van der Waals surface area contributed by atoms with E-state index in [0.29, 0.717) is 6.42 Å². The first kappa shape index (κ1) is 21.5. The topological polar surface area (TPSA) is 72.9 Å². The second kappa shape index (κ2) is 9.20. The minimum atomic E-state index is -0.603. The third-order valence-electron chi connectivity index (χ3n) is 4.25. The van der Waals surface area contributed by atoms with Gasteiger partial charge in [0.15, 0.2) is 0 Å². The van der Waals surface area contributed by atoms with Gasteiger partial charge in [-0.3, -0.25) is 9.59 Å². The standard InChI is InChI=1S/C19H33NO5/c1-7-8-9-10-14(11-16(21)25-19(4,5)6)17(22)20-15(13(2)3)12-24-18(20)23/h13-15H,7-12H2,1-6H3/t14-,15-/m1/s1. The Morgan fingerprint density at radius 3 is 2.44 bits per heavy atom. The molecule has 1 aliphatic rings. The van der Waals surface area contributed by atoms with Gasteiger partial charge in [-0.2, -0.15) is 0 Å². The molecule has 2 amide bonds. The Balaban J connectivity index is 2.87. The molecule has 1 heterocycles. The summed E-state index contributed by atoms with van der Waals surface area (Å²) in [6, 6.07) is -0.271. The first-order chi connectivity index (χ1) is 11.6. The van der Waals surface area contributed by atoms with Gasteiger partial charge in [-0.15, -0.1) is 0 Å². The smallest absolute Gasteiger partial charge is 0.416 e. The first-order valence-corrected chi connectivity index (χ1v) is 9.28. The third-order valence-corrected chi connectivity index (χ3v) is 4.25. The Bertz CT molecular complexity index is 481. The molecule has 1 saturated heterocycles. The second-order valence-corrected chi connectivity index (χ2v) is 8.08. The molecule has 0 unspecified atom stereocenters. The van der Waals surface area contributed by atoms with Crippen LogP contribution in [0.25, 0.3) is 0 Å². The minimum Gasteiger partial charge on any atom is -0.460 e. The maximum Gasteiger partial charge on any atom is 0.416 e. The van der Waals surface area contributed by atoms with Crippen molar-refractivity contribution in [3.8, 4) is 0 Å². The normalized spacial score (nSPS) is 19.1. The fourth-order valence-corrected chi connectivity index (χ4v) is 2.91. The molecule has 0 aromatic carbocycles. The van der Waals surface area contributed by atoms with Crippen LogP contribution in [-0.4, -0.2) is 41.1 Å². The van der Waals surface area contributed by atoms with Gasteiger partial charge in [0.2, 0.25) is 5.91 Å². The van der Waals surface area contributed by atoms with Crippen LogP contribution in [0.3, 0.4) is 0 Å². The Hall–Kier alpha value is -1.59. The van der Waals surface area contributed by atoms with Crippen LogP contribution in [0.15, 0.2) is 0 Å². The maximum atomic E-state index is 13.0. The van der Waals surface area contributed by atoms with E-state index in [1.165, 1.54) is 4.90 Å². The fraction of sp³-hybridized carbons (Fsp3) is 0.842. The van der Waals surface area contributed by atoms with Gasteiger partial charge >= 0.3 is 12.1 Å². The van der Waals surface area contributed by atoms with Crippen LogP contribution in [0.5, 0.6) is 0 Å². The number of nitrogens with zero attached hydrogens (tertiary/aromatic N) is 1. The van der Waals surface area contributed by atoms with E-state index in [9.17, 15) is 14.4 Å². The molecule has 0 aliphatic carbocycles. The van der Waals surface area contributed by atoms with Crippen LogP contribution < -0.4 is 0 Å². The molecule has 0 N–H and O–H groups in total. The number of rotatable bonds is 8. The molecule has 0 radical (unpaired) electrons. The van der Waals surface area contributed by atoms with Gasteiger partial charge in [0, 0.05) is 5.92 Å². The molecule has 25 heavy (non-hydrogen) atoms. The number of hydrogen-bond acceptors (Lipinski definition) is 5. The van der Waals surface area contributed by atoms with Gasteiger partial charge in [-0.1, -0.05) is 40.0 Å². The van der Waals surface area contributed by atoms with E-state index in [1.807, 2.05) is 13.8 Å². The van der Waals surface area contributed by atoms with E-state index in [2.05, 4.69) is 6.92 Å². The van der Waals surface area contributed by atoms with Gasteiger partial charge in [0.05, 0.1) is 12.5 Å². The largest absolute Gasteiger partial charge is 0.460 e. The molecule has 0 aromatic rings.